The standard InChI is InChI=1S/C26H35N3O5/c1-7-9-17-15-28(6)20-11-8-10-18-12-13-27-26(18,20)21(17)33-19-14-25(5,22(30)31)29(16-19)23(32)34-24(2,3)4/h7-8,10-13,17,19,21H,1,9,14-16H2,2-6H3,(H,30,31)/t17?,19-,21?,25+,26?/m1/s1. The van der Waals surface area contributed by atoms with Gasteiger partial charge >= 0.3 is 12.1 Å². The van der Waals surface area contributed by atoms with Crippen LogP contribution >= 0.6 is 0 Å². The van der Waals surface area contributed by atoms with Crippen molar-refractivity contribution in [2.45, 2.75) is 69.4 Å². The number of carboxylic acid groups (broad SMARTS) is 1. The van der Waals surface area contributed by atoms with E-state index in [0.29, 0.717) is 0 Å². The van der Waals surface area contributed by atoms with E-state index < -0.39 is 34.8 Å². The zero-order valence-electron chi connectivity index (χ0n) is 20.7. The van der Waals surface area contributed by atoms with Gasteiger partial charge < -0.3 is 19.5 Å². The maximum atomic E-state index is 13.0. The fraction of sp³-hybridized carbons (Fsp3) is 0.577. The maximum Gasteiger partial charge on any atom is 0.411 e. The molecule has 8 heteroatoms. The quantitative estimate of drug-likeness (QED) is 0.619. The van der Waals surface area contributed by atoms with Crippen molar-refractivity contribution in [3.05, 3.63) is 48.2 Å². The number of aliphatic imine (C=N–C) groups is 1. The fourth-order valence-electron chi connectivity index (χ4n) is 5.63. The van der Waals surface area contributed by atoms with Crippen LogP contribution in [0.2, 0.25) is 0 Å². The Kier molecular flexibility index (Phi) is 6.00. The Morgan fingerprint density at radius 3 is 2.71 bits per heavy atom. The Morgan fingerprint density at radius 2 is 2.06 bits per heavy atom. The summed E-state index contributed by atoms with van der Waals surface area (Å²) in [6.45, 7) is 11.7. The van der Waals surface area contributed by atoms with Crippen LogP contribution in [0.4, 0.5) is 4.79 Å². The number of likely N-dealkylation sites (tertiary alicyclic amines) is 2. The summed E-state index contributed by atoms with van der Waals surface area (Å²) in [5.41, 5.74) is -0.729. The second-order valence-corrected chi connectivity index (χ2v) is 10.8. The van der Waals surface area contributed by atoms with Crippen molar-refractivity contribution in [3.63, 3.8) is 0 Å². The van der Waals surface area contributed by atoms with Crippen molar-refractivity contribution in [1.82, 2.24) is 9.80 Å². The predicted octanol–water partition coefficient (Wildman–Crippen LogP) is 3.57. The molecular formula is C26H35N3O5. The van der Waals surface area contributed by atoms with Gasteiger partial charge in [-0.25, -0.2) is 9.59 Å². The average Bonchev–Trinajstić information content (AvgIpc) is 3.31. The van der Waals surface area contributed by atoms with Gasteiger partial charge in [-0.2, -0.15) is 0 Å². The number of carboxylic acids is 1. The van der Waals surface area contributed by atoms with Gasteiger partial charge in [0.25, 0.3) is 0 Å². The molecule has 3 heterocycles. The monoisotopic (exact) mass is 469 g/mol. The van der Waals surface area contributed by atoms with E-state index in [0.717, 1.165) is 24.2 Å². The molecule has 0 bridgehead atoms. The number of likely N-dealkylation sites (N-methyl/N-ethyl adjacent to an activating group) is 1. The van der Waals surface area contributed by atoms with Gasteiger partial charge in [-0.05, 0) is 51.8 Å². The summed E-state index contributed by atoms with van der Waals surface area (Å²) in [4.78, 5) is 33.7. The van der Waals surface area contributed by atoms with Gasteiger partial charge in [-0.1, -0.05) is 18.2 Å². The van der Waals surface area contributed by atoms with E-state index in [1.54, 1.807) is 27.7 Å². The number of rotatable bonds is 5. The molecule has 1 aliphatic carbocycles. The van der Waals surface area contributed by atoms with Crippen LogP contribution in [0.25, 0.3) is 0 Å². The molecule has 3 unspecified atom stereocenters. The molecule has 0 aromatic heterocycles. The van der Waals surface area contributed by atoms with Gasteiger partial charge in [0, 0.05) is 37.8 Å². The molecule has 34 heavy (non-hydrogen) atoms. The molecule has 3 aliphatic heterocycles. The topological polar surface area (TPSA) is 91.7 Å². The van der Waals surface area contributed by atoms with Gasteiger partial charge in [0.15, 0.2) is 5.54 Å². The lowest BCUT2D eigenvalue weighted by Crippen LogP contribution is -2.60. The largest absolute Gasteiger partial charge is 0.480 e. The van der Waals surface area contributed by atoms with Crippen LogP contribution in [0.1, 0.15) is 40.5 Å². The van der Waals surface area contributed by atoms with Crippen molar-refractivity contribution in [3.8, 4) is 0 Å². The molecule has 8 nitrogen and oxygen atoms in total. The van der Waals surface area contributed by atoms with E-state index >= 15 is 0 Å². The molecule has 2 fully saturated rings. The molecule has 0 radical (unpaired) electrons. The second-order valence-electron chi connectivity index (χ2n) is 10.8. The summed E-state index contributed by atoms with van der Waals surface area (Å²) >= 11 is 0. The molecular weight excluding hydrogens is 434 g/mol. The van der Waals surface area contributed by atoms with Gasteiger partial charge in [0.1, 0.15) is 11.1 Å². The van der Waals surface area contributed by atoms with E-state index in [4.69, 9.17) is 14.5 Å². The van der Waals surface area contributed by atoms with Crippen molar-refractivity contribution in [2.24, 2.45) is 10.9 Å². The fourth-order valence-corrected chi connectivity index (χ4v) is 5.63. The van der Waals surface area contributed by atoms with Crippen molar-refractivity contribution < 1.29 is 24.2 Å². The Labute approximate surface area is 201 Å². The molecule has 0 saturated carbocycles. The van der Waals surface area contributed by atoms with Crippen LogP contribution in [0, 0.1) is 5.92 Å². The highest BCUT2D eigenvalue weighted by Crippen LogP contribution is 2.49. The third-order valence-corrected chi connectivity index (χ3v) is 7.14. The molecule has 1 N–H and O–H groups in total. The van der Waals surface area contributed by atoms with Crippen LogP contribution in [-0.4, -0.2) is 82.2 Å². The number of amides is 1. The minimum absolute atomic E-state index is 0.0939. The number of hydrogen-bond donors (Lipinski definition) is 1. The zero-order valence-corrected chi connectivity index (χ0v) is 20.7. The third kappa shape index (κ3) is 3.87. The van der Waals surface area contributed by atoms with Crippen molar-refractivity contribution in [1.29, 1.82) is 0 Å². The van der Waals surface area contributed by atoms with E-state index in [-0.39, 0.29) is 25.0 Å². The Hall–Kier alpha value is -2.87. The summed E-state index contributed by atoms with van der Waals surface area (Å²) in [7, 11) is 2.06. The van der Waals surface area contributed by atoms with Gasteiger partial charge in [-0.15, -0.1) is 6.58 Å². The predicted molar refractivity (Wildman–Crippen MR) is 130 cm³/mol. The zero-order chi connectivity index (χ0) is 24.9. The highest BCUT2D eigenvalue weighted by atomic mass is 16.6. The Morgan fingerprint density at radius 1 is 1.32 bits per heavy atom. The molecule has 4 rings (SSSR count). The average molecular weight is 470 g/mol. The van der Waals surface area contributed by atoms with E-state index in [2.05, 4.69) is 30.7 Å². The van der Waals surface area contributed by atoms with Gasteiger partial charge in [0.2, 0.25) is 0 Å². The van der Waals surface area contributed by atoms with Crippen molar-refractivity contribution >= 4 is 18.3 Å². The Bertz CT molecular complexity index is 1010. The molecule has 2 saturated heterocycles. The number of piperidine rings is 1. The highest BCUT2D eigenvalue weighted by Gasteiger charge is 2.58. The van der Waals surface area contributed by atoms with E-state index in [1.165, 1.54) is 4.90 Å². The van der Waals surface area contributed by atoms with Gasteiger partial charge in [-0.3, -0.25) is 9.89 Å². The second kappa shape index (κ2) is 8.41. The minimum atomic E-state index is -1.42. The number of ether oxygens (including phenoxy) is 2. The highest BCUT2D eigenvalue weighted by molar-refractivity contribution is 5.85. The first-order chi connectivity index (χ1) is 15.9. The third-order valence-electron chi connectivity index (χ3n) is 7.14. The van der Waals surface area contributed by atoms with Crippen LogP contribution in [-0.2, 0) is 14.3 Å². The van der Waals surface area contributed by atoms with Crippen LogP contribution in [0.3, 0.4) is 0 Å². The number of nitrogens with zero attached hydrogens (tertiary/aromatic N) is 3. The summed E-state index contributed by atoms with van der Waals surface area (Å²) in [6, 6.07) is 0. The number of carbonyl (C=O) groups excluding carboxylic acids is 1. The molecule has 0 aromatic carbocycles. The first kappa shape index (κ1) is 24.3. The minimum Gasteiger partial charge on any atom is -0.480 e. The maximum absolute atomic E-state index is 13.0. The van der Waals surface area contributed by atoms with Crippen LogP contribution in [0.5, 0.6) is 0 Å². The number of carbonyl (C=O) groups is 2. The molecule has 5 atom stereocenters. The lowest BCUT2D eigenvalue weighted by atomic mass is 9.70. The van der Waals surface area contributed by atoms with E-state index in [1.807, 2.05) is 24.4 Å². The first-order valence-electron chi connectivity index (χ1n) is 11.8. The lowest BCUT2D eigenvalue weighted by molar-refractivity contribution is -0.148. The molecule has 4 aliphatic rings. The summed E-state index contributed by atoms with van der Waals surface area (Å²) in [5.74, 6) is -0.981. The van der Waals surface area contributed by atoms with Gasteiger partial charge in [0.05, 0.1) is 18.8 Å². The molecule has 1 spiro atoms. The first-order valence-corrected chi connectivity index (χ1v) is 11.8. The SMILES string of the molecule is C=CCC1CN(C)C2=CC=CC3=CC=NC32C1O[C@H]1CN(C(=O)OC(C)(C)C)[C@](C)(C(=O)O)C1. The number of aliphatic carboxylic acids is 1. The Balaban J connectivity index is 1.66. The number of allylic oxidation sites excluding steroid dienone is 4. The van der Waals surface area contributed by atoms with Crippen molar-refractivity contribution in [2.75, 3.05) is 20.1 Å². The summed E-state index contributed by atoms with van der Waals surface area (Å²) in [6.07, 6.45) is 11.3. The number of hydrogen-bond acceptors (Lipinski definition) is 6. The molecule has 0 aromatic rings. The lowest BCUT2D eigenvalue weighted by Gasteiger charge is -2.52. The summed E-state index contributed by atoms with van der Waals surface area (Å²) < 4.78 is 12.3. The molecule has 1 amide bonds. The van der Waals surface area contributed by atoms with Crippen LogP contribution in [0.15, 0.2) is 53.2 Å². The molecule has 184 valence electrons. The normalized spacial score (nSPS) is 34.3. The van der Waals surface area contributed by atoms with Crippen LogP contribution < -0.4 is 0 Å². The summed E-state index contributed by atoms with van der Waals surface area (Å²) in [5, 5.41) is 10.0. The smallest absolute Gasteiger partial charge is 0.411 e. The van der Waals surface area contributed by atoms with E-state index in [9.17, 15) is 14.7 Å².